The van der Waals surface area contributed by atoms with Crippen LogP contribution >= 0.6 is 0 Å². The second kappa shape index (κ2) is 6.37. The van der Waals surface area contributed by atoms with Crippen LogP contribution in [0.5, 0.6) is 0 Å². The van der Waals surface area contributed by atoms with Crippen molar-refractivity contribution in [1.82, 2.24) is 5.32 Å². The van der Waals surface area contributed by atoms with E-state index in [0.717, 1.165) is 17.0 Å². The lowest BCUT2D eigenvalue weighted by Crippen LogP contribution is -2.33. The maximum Gasteiger partial charge on any atom is 0.414 e. The van der Waals surface area contributed by atoms with Crippen molar-refractivity contribution in [2.45, 2.75) is 13.0 Å². The van der Waals surface area contributed by atoms with Crippen LogP contribution in [0.3, 0.4) is 0 Å². The van der Waals surface area contributed by atoms with E-state index >= 15 is 0 Å². The zero-order chi connectivity index (χ0) is 19.3. The summed E-state index contributed by atoms with van der Waals surface area (Å²) in [5.41, 5.74) is -0.0478. The van der Waals surface area contributed by atoms with Crippen molar-refractivity contribution in [3.63, 3.8) is 0 Å². The highest BCUT2D eigenvalue weighted by molar-refractivity contribution is 5.90. The van der Waals surface area contributed by atoms with Gasteiger partial charge >= 0.3 is 6.09 Å². The first-order chi connectivity index (χ1) is 12.9. The van der Waals surface area contributed by atoms with Gasteiger partial charge in [-0.1, -0.05) is 0 Å². The number of cyclic esters (lactones) is 1. The molecule has 0 spiro atoms. The number of ether oxygens (including phenoxy) is 1. The SMILES string of the molecule is CC(=O)NC[C@H]1CN(c2cc(F)c(N3CC4C(C#N)C4C3)c(F)c2)C(=O)O1. The molecular formula is C18H18F2N4O3. The fourth-order valence-electron chi connectivity index (χ4n) is 4.01. The number of piperidine rings is 1. The minimum absolute atomic E-state index is 0.00781. The summed E-state index contributed by atoms with van der Waals surface area (Å²) in [6, 6.07) is 4.45. The summed E-state index contributed by atoms with van der Waals surface area (Å²) in [6.45, 7) is 2.49. The average Bonchev–Trinajstić information content (AvgIpc) is 2.92. The third-order valence-corrected chi connectivity index (χ3v) is 5.43. The monoisotopic (exact) mass is 376 g/mol. The van der Waals surface area contributed by atoms with E-state index in [1.165, 1.54) is 6.92 Å². The van der Waals surface area contributed by atoms with Gasteiger partial charge in [0.25, 0.3) is 0 Å². The highest BCUT2D eigenvalue weighted by Crippen LogP contribution is 2.52. The number of nitrogens with one attached hydrogen (secondary N) is 1. The van der Waals surface area contributed by atoms with Gasteiger partial charge in [0, 0.05) is 32.1 Å². The summed E-state index contributed by atoms with van der Waals surface area (Å²) in [6.07, 6.45) is -1.29. The Balaban J connectivity index is 1.48. The Bertz CT molecular complexity index is 820. The minimum atomic E-state index is -0.752. The van der Waals surface area contributed by atoms with E-state index in [-0.39, 0.29) is 48.1 Å². The van der Waals surface area contributed by atoms with Gasteiger partial charge in [0.05, 0.1) is 30.8 Å². The topological polar surface area (TPSA) is 85.7 Å². The maximum absolute atomic E-state index is 14.6. The predicted molar refractivity (Wildman–Crippen MR) is 91.0 cm³/mol. The number of rotatable bonds is 4. The highest BCUT2D eigenvalue weighted by Gasteiger charge is 2.56. The molecule has 0 radical (unpaired) electrons. The Morgan fingerprint density at radius 3 is 2.48 bits per heavy atom. The molecule has 2 aliphatic heterocycles. The lowest BCUT2D eigenvalue weighted by molar-refractivity contribution is -0.119. The summed E-state index contributed by atoms with van der Waals surface area (Å²) < 4.78 is 34.4. The molecule has 3 atom stereocenters. The van der Waals surface area contributed by atoms with Crippen molar-refractivity contribution in [1.29, 1.82) is 5.26 Å². The number of amides is 2. The largest absolute Gasteiger partial charge is 0.442 e. The molecule has 1 aromatic carbocycles. The van der Waals surface area contributed by atoms with E-state index < -0.39 is 23.8 Å². The molecule has 1 aromatic rings. The summed E-state index contributed by atoms with van der Waals surface area (Å²) in [5.74, 6) is -1.41. The summed E-state index contributed by atoms with van der Waals surface area (Å²) in [7, 11) is 0. The number of anilines is 2. The molecule has 2 saturated heterocycles. The zero-order valence-electron chi connectivity index (χ0n) is 14.6. The van der Waals surface area contributed by atoms with Gasteiger partial charge in [-0.3, -0.25) is 9.69 Å². The lowest BCUT2D eigenvalue weighted by atomic mass is 10.2. The number of carbonyl (C=O) groups is 2. The van der Waals surface area contributed by atoms with Crippen molar-refractivity contribution >= 4 is 23.4 Å². The Morgan fingerprint density at radius 1 is 1.30 bits per heavy atom. The quantitative estimate of drug-likeness (QED) is 0.863. The highest BCUT2D eigenvalue weighted by atomic mass is 19.1. The van der Waals surface area contributed by atoms with Gasteiger partial charge in [-0.25, -0.2) is 13.6 Å². The number of fused-ring (bicyclic) bond motifs is 1. The van der Waals surface area contributed by atoms with Crippen LogP contribution < -0.4 is 15.1 Å². The second-order valence-electron chi connectivity index (χ2n) is 7.20. The van der Waals surface area contributed by atoms with Crippen molar-refractivity contribution in [2.75, 3.05) is 36.0 Å². The molecular weight excluding hydrogens is 358 g/mol. The minimum Gasteiger partial charge on any atom is -0.442 e. The molecule has 3 fully saturated rings. The van der Waals surface area contributed by atoms with Crippen LogP contribution in [0.4, 0.5) is 25.0 Å². The molecule has 142 valence electrons. The number of hydrogen-bond donors (Lipinski definition) is 1. The van der Waals surface area contributed by atoms with Crippen LogP contribution in [-0.4, -0.2) is 44.3 Å². The Morgan fingerprint density at radius 2 is 1.93 bits per heavy atom. The van der Waals surface area contributed by atoms with Crippen LogP contribution in [0.2, 0.25) is 0 Å². The third-order valence-electron chi connectivity index (χ3n) is 5.43. The Labute approximate surface area is 154 Å². The first-order valence-electron chi connectivity index (χ1n) is 8.75. The van der Waals surface area contributed by atoms with E-state index in [1.54, 1.807) is 4.90 Å². The predicted octanol–water partition coefficient (Wildman–Crippen LogP) is 1.63. The van der Waals surface area contributed by atoms with Crippen LogP contribution in [0.25, 0.3) is 0 Å². The van der Waals surface area contributed by atoms with Gasteiger partial charge in [-0.2, -0.15) is 5.26 Å². The summed E-state index contributed by atoms with van der Waals surface area (Å²) in [5, 5.41) is 11.5. The van der Waals surface area contributed by atoms with Gasteiger partial charge in [0.1, 0.15) is 11.8 Å². The lowest BCUT2D eigenvalue weighted by Gasteiger charge is -2.23. The maximum atomic E-state index is 14.6. The third kappa shape index (κ3) is 3.05. The van der Waals surface area contributed by atoms with E-state index in [0.29, 0.717) is 13.1 Å². The van der Waals surface area contributed by atoms with Crippen LogP contribution in [0, 0.1) is 40.7 Å². The number of nitriles is 1. The molecule has 1 saturated carbocycles. The second-order valence-corrected chi connectivity index (χ2v) is 7.20. The van der Waals surface area contributed by atoms with Gasteiger partial charge in [0.2, 0.25) is 5.91 Å². The Kier molecular flexibility index (Phi) is 4.13. The normalized spacial score (nSPS) is 28.6. The van der Waals surface area contributed by atoms with Crippen LogP contribution in [0.1, 0.15) is 6.92 Å². The number of halogens is 2. The fraction of sp³-hybridized carbons (Fsp3) is 0.500. The molecule has 0 aromatic heterocycles. The van der Waals surface area contributed by atoms with Crippen molar-refractivity contribution in [2.24, 2.45) is 17.8 Å². The van der Waals surface area contributed by atoms with Gasteiger partial charge in [-0.15, -0.1) is 0 Å². The fourth-order valence-corrected chi connectivity index (χ4v) is 4.01. The number of carbonyl (C=O) groups excluding carboxylic acids is 2. The first kappa shape index (κ1) is 17.5. The van der Waals surface area contributed by atoms with Gasteiger partial charge < -0.3 is 15.0 Å². The van der Waals surface area contributed by atoms with E-state index in [1.807, 2.05) is 0 Å². The van der Waals surface area contributed by atoms with Gasteiger partial charge in [-0.05, 0) is 11.8 Å². The first-order valence-corrected chi connectivity index (χ1v) is 8.75. The molecule has 1 N–H and O–H groups in total. The van der Waals surface area contributed by atoms with Crippen molar-refractivity contribution in [3.05, 3.63) is 23.8 Å². The molecule has 3 aliphatic rings. The number of hydrogen-bond acceptors (Lipinski definition) is 5. The molecule has 9 heteroatoms. The molecule has 27 heavy (non-hydrogen) atoms. The van der Waals surface area contributed by atoms with Gasteiger partial charge in [0.15, 0.2) is 11.6 Å². The van der Waals surface area contributed by atoms with Crippen LogP contribution in [-0.2, 0) is 9.53 Å². The molecule has 7 nitrogen and oxygen atoms in total. The molecule has 2 heterocycles. The number of nitrogens with zero attached hydrogens (tertiary/aromatic N) is 3. The van der Waals surface area contributed by atoms with Crippen LogP contribution in [0.15, 0.2) is 12.1 Å². The molecule has 4 rings (SSSR count). The number of benzene rings is 1. The van der Waals surface area contributed by atoms with E-state index in [4.69, 9.17) is 10.00 Å². The summed E-state index contributed by atoms with van der Waals surface area (Å²) in [4.78, 5) is 25.8. The van der Waals surface area contributed by atoms with E-state index in [9.17, 15) is 18.4 Å². The zero-order valence-corrected chi connectivity index (χ0v) is 14.6. The molecule has 0 bridgehead atoms. The molecule has 1 aliphatic carbocycles. The molecule has 2 amide bonds. The Hall–Kier alpha value is -2.89. The summed E-state index contributed by atoms with van der Waals surface area (Å²) >= 11 is 0. The average molecular weight is 376 g/mol. The molecule has 2 unspecified atom stereocenters. The van der Waals surface area contributed by atoms with E-state index in [2.05, 4.69) is 11.4 Å². The van der Waals surface area contributed by atoms with Crippen molar-refractivity contribution < 1.29 is 23.1 Å². The standard InChI is InChI=1S/C18H18F2N4O3/c1-9(25)22-5-11-6-24(18(26)27-11)10-2-15(19)17(16(20)3-10)23-7-13-12(4-21)14(13)8-23/h2-3,11-14H,5-8H2,1H3,(H,22,25)/t11-,12?,13?,14?/m0/s1. The smallest absolute Gasteiger partial charge is 0.414 e. The van der Waals surface area contributed by atoms with Crippen molar-refractivity contribution in [3.8, 4) is 6.07 Å².